The second kappa shape index (κ2) is 5.43. The first-order chi connectivity index (χ1) is 11.1. The minimum atomic E-state index is -4.92. The molecule has 0 spiro atoms. The normalized spacial score (nSPS) is 12.6. The lowest BCUT2D eigenvalue weighted by molar-refractivity contribution is -0.143. The molecule has 1 N–H and O–H groups in total. The van der Waals surface area contributed by atoms with Crippen molar-refractivity contribution in [1.29, 1.82) is 0 Å². The maximum absolute atomic E-state index is 12.8. The number of nitrogens with zero attached hydrogens (tertiary/aromatic N) is 1. The van der Waals surface area contributed by atoms with Crippen LogP contribution in [0.15, 0.2) is 46.9 Å². The van der Waals surface area contributed by atoms with Crippen LogP contribution in [0.1, 0.15) is 11.1 Å². The van der Waals surface area contributed by atoms with Crippen molar-refractivity contribution in [2.24, 2.45) is 0 Å². The Kier molecular flexibility index (Phi) is 3.66. The number of nitrogens with one attached hydrogen (secondary N) is 1. The van der Waals surface area contributed by atoms with Gasteiger partial charge in [0, 0.05) is 5.69 Å². The van der Waals surface area contributed by atoms with E-state index in [1.54, 1.807) is 24.3 Å². The molecule has 126 valence electrons. The van der Waals surface area contributed by atoms with Gasteiger partial charge in [-0.05, 0) is 30.3 Å². The summed E-state index contributed by atoms with van der Waals surface area (Å²) in [5.41, 5.74) is -2.50. The first kappa shape index (κ1) is 16.2. The SMILES string of the molecule is FC(F)(F)c1cc(Nc2nc3ccccc3o2)cc(C(F)(F)F)c1. The van der Waals surface area contributed by atoms with E-state index in [0.717, 1.165) is 0 Å². The van der Waals surface area contributed by atoms with Crippen LogP contribution in [0.2, 0.25) is 0 Å². The first-order valence-corrected chi connectivity index (χ1v) is 6.55. The largest absolute Gasteiger partial charge is 0.423 e. The molecule has 0 fully saturated rings. The molecule has 0 unspecified atom stereocenters. The van der Waals surface area contributed by atoms with Gasteiger partial charge in [0.2, 0.25) is 0 Å². The highest BCUT2D eigenvalue weighted by molar-refractivity contribution is 5.75. The lowest BCUT2D eigenvalue weighted by atomic mass is 10.1. The van der Waals surface area contributed by atoms with Crippen LogP contribution in [-0.4, -0.2) is 4.98 Å². The number of anilines is 2. The molecule has 0 saturated carbocycles. The quantitative estimate of drug-likeness (QED) is 0.613. The van der Waals surface area contributed by atoms with Gasteiger partial charge in [0.05, 0.1) is 11.1 Å². The van der Waals surface area contributed by atoms with E-state index in [2.05, 4.69) is 10.3 Å². The predicted octanol–water partition coefficient (Wildman–Crippen LogP) is 5.61. The zero-order valence-electron chi connectivity index (χ0n) is 11.7. The maximum atomic E-state index is 12.8. The van der Waals surface area contributed by atoms with Gasteiger partial charge in [-0.25, -0.2) is 0 Å². The number of benzene rings is 2. The van der Waals surface area contributed by atoms with Gasteiger partial charge < -0.3 is 9.73 Å². The fourth-order valence-corrected chi connectivity index (χ4v) is 2.08. The van der Waals surface area contributed by atoms with Gasteiger partial charge >= 0.3 is 12.4 Å². The Hall–Kier alpha value is -2.71. The summed E-state index contributed by atoms with van der Waals surface area (Å²) >= 11 is 0. The van der Waals surface area contributed by atoms with E-state index in [0.29, 0.717) is 23.2 Å². The van der Waals surface area contributed by atoms with Crippen LogP contribution in [0, 0.1) is 0 Å². The van der Waals surface area contributed by atoms with Crippen molar-refractivity contribution in [2.75, 3.05) is 5.32 Å². The fraction of sp³-hybridized carbons (Fsp3) is 0.133. The van der Waals surface area contributed by atoms with E-state index in [-0.39, 0.29) is 12.1 Å². The highest BCUT2D eigenvalue weighted by atomic mass is 19.4. The number of aromatic nitrogens is 1. The van der Waals surface area contributed by atoms with Gasteiger partial charge in [0.1, 0.15) is 5.52 Å². The number of hydrogen-bond donors (Lipinski definition) is 1. The Morgan fingerprint density at radius 3 is 1.96 bits per heavy atom. The molecule has 3 nitrogen and oxygen atoms in total. The number of alkyl halides is 6. The van der Waals surface area contributed by atoms with Crippen LogP contribution in [0.5, 0.6) is 0 Å². The molecule has 0 amide bonds. The molecule has 3 rings (SSSR count). The lowest BCUT2D eigenvalue weighted by Gasteiger charge is -2.14. The standard InChI is InChI=1S/C15H8F6N2O/c16-14(17,18)8-5-9(15(19,20)21)7-10(6-8)22-13-23-11-3-1-2-4-12(11)24-13/h1-7H,(H,22,23). The first-order valence-electron chi connectivity index (χ1n) is 6.55. The van der Waals surface area contributed by atoms with E-state index >= 15 is 0 Å². The number of hydrogen-bond acceptors (Lipinski definition) is 3. The second-order valence-electron chi connectivity index (χ2n) is 4.91. The molecule has 0 aliphatic rings. The summed E-state index contributed by atoms with van der Waals surface area (Å²) in [5, 5.41) is 2.34. The molecule has 24 heavy (non-hydrogen) atoms. The monoisotopic (exact) mass is 346 g/mol. The third kappa shape index (κ3) is 3.29. The maximum Gasteiger partial charge on any atom is 0.416 e. The molecule has 2 aromatic carbocycles. The van der Waals surface area contributed by atoms with Crippen molar-refractivity contribution in [3.63, 3.8) is 0 Å². The summed E-state index contributed by atoms with van der Waals surface area (Å²) in [7, 11) is 0. The Morgan fingerprint density at radius 2 is 1.42 bits per heavy atom. The fourth-order valence-electron chi connectivity index (χ4n) is 2.08. The minimum absolute atomic E-state index is 0.0528. The third-order valence-electron chi connectivity index (χ3n) is 3.13. The molecule has 0 aliphatic heterocycles. The molecule has 0 bridgehead atoms. The summed E-state index contributed by atoms with van der Waals surface area (Å²) < 4.78 is 82.1. The molecule has 0 saturated heterocycles. The summed E-state index contributed by atoms with van der Waals surface area (Å²) in [4.78, 5) is 3.95. The van der Waals surface area contributed by atoms with Gasteiger partial charge in [0.15, 0.2) is 5.58 Å². The van der Waals surface area contributed by atoms with Crippen molar-refractivity contribution in [2.45, 2.75) is 12.4 Å². The molecule has 9 heteroatoms. The summed E-state index contributed by atoms with van der Waals surface area (Å²) in [5.74, 6) is 0. The lowest BCUT2D eigenvalue weighted by Crippen LogP contribution is -2.11. The molecule has 3 aromatic rings. The highest BCUT2D eigenvalue weighted by Crippen LogP contribution is 2.38. The second-order valence-corrected chi connectivity index (χ2v) is 4.91. The summed E-state index contributed by atoms with van der Waals surface area (Å²) in [6.45, 7) is 0. The van der Waals surface area contributed by atoms with Crippen molar-refractivity contribution in [1.82, 2.24) is 4.98 Å². The molecular weight excluding hydrogens is 338 g/mol. The van der Waals surface area contributed by atoms with E-state index < -0.39 is 29.2 Å². The van der Waals surface area contributed by atoms with Crippen LogP contribution in [0.4, 0.5) is 38.0 Å². The number of oxazole rings is 1. The summed E-state index contributed by atoms with van der Waals surface area (Å²) in [6.07, 6.45) is -9.84. The molecule has 0 aliphatic carbocycles. The average molecular weight is 346 g/mol. The van der Waals surface area contributed by atoms with Crippen LogP contribution >= 0.6 is 0 Å². The van der Waals surface area contributed by atoms with Crippen molar-refractivity contribution < 1.29 is 30.8 Å². The van der Waals surface area contributed by atoms with Gasteiger partial charge in [-0.15, -0.1) is 0 Å². The number of rotatable bonds is 2. The Bertz CT molecular complexity index is 816. The predicted molar refractivity (Wildman–Crippen MR) is 73.7 cm³/mol. The van der Waals surface area contributed by atoms with Crippen molar-refractivity contribution in [3.8, 4) is 0 Å². The van der Waals surface area contributed by atoms with Crippen LogP contribution in [-0.2, 0) is 12.4 Å². The van der Waals surface area contributed by atoms with E-state index in [9.17, 15) is 26.3 Å². The van der Waals surface area contributed by atoms with Crippen molar-refractivity contribution >= 4 is 22.8 Å². The van der Waals surface area contributed by atoms with Crippen LogP contribution < -0.4 is 5.32 Å². The molecule has 1 aromatic heterocycles. The van der Waals surface area contributed by atoms with Crippen LogP contribution in [0.3, 0.4) is 0 Å². The van der Waals surface area contributed by atoms with Crippen LogP contribution in [0.25, 0.3) is 11.1 Å². The third-order valence-corrected chi connectivity index (χ3v) is 3.13. The molecule has 0 atom stereocenters. The number of para-hydroxylation sites is 2. The topological polar surface area (TPSA) is 38.1 Å². The molecule has 0 radical (unpaired) electrons. The number of halogens is 6. The highest BCUT2D eigenvalue weighted by Gasteiger charge is 2.37. The van der Waals surface area contributed by atoms with Gasteiger partial charge in [-0.3, -0.25) is 0 Å². The Morgan fingerprint density at radius 1 is 0.833 bits per heavy atom. The Balaban J connectivity index is 2.03. The van der Waals surface area contributed by atoms with Gasteiger partial charge in [-0.2, -0.15) is 31.3 Å². The van der Waals surface area contributed by atoms with E-state index in [1.165, 1.54) is 0 Å². The molecular formula is C15H8F6N2O. The zero-order valence-corrected chi connectivity index (χ0v) is 11.7. The minimum Gasteiger partial charge on any atom is -0.423 e. The van der Waals surface area contributed by atoms with Gasteiger partial charge in [-0.1, -0.05) is 12.1 Å². The van der Waals surface area contributed by atoms with Gasteiger partial charge in [0.25, 0.3) is 6.01 Å². The summed E-state index contributed by atoms with van der Waals surface area (Å²) in [6, 6.07) is 7.46. The molecule has 1 heterocycles. The van der Waals surface area contributed by atoms with E-state index in [4.69, 9.17) is 4.42 Å². The Labute approximate surface area is 130 Å². The zero-order chi connectivity index (χ0) is 17.5. The van der Waals surface area contributed by atoms with Crippen molar-refractivity contribution in [3.05, 3.63) is 53.6 Å². The van der Waals surface area contributed by atoms with E-state index in [1.807, 2.05) is 0 Å². The average Bonchev–Trinajstić information content (AvgIpc) is 2.87. The smallest absolute Gasteiger partial charge is 0.416 e. The number of fused-ring (bicyclic) bond motifs is 1.